The molecule has 8 heteroatoms. The van der Waals surface area contributed by atoms with Gasteiger partial charge in [0.2, 0.25) is 0 Å². The lowest BCUT2D eigenvalue weighted by atomic mass is 9.63. The number of ether oxygens (including phenoxy) is 2. The molecule has 8 nitrogen and oxygen atoms in total. The lowest BCUT2D eigenvalue weighted by molar-refractivity contribution is -0.121. The van der Waals surface area contributed by atoms with E-state index in [0.29, 0.717) is 30.9 Å². The van der Waals surface area contributed by atoms with Gasteiger partial charge in [-0.1, -0.05) is 115 Å². The van der Waals surface area contributed by atoms with Gasteiger partial charge in [0.15, 0.2) is 0 Å². The van der Waals surface area contributed by atoms with Gasteiger partial charge in [0.1, 0.15) is 11.5 Å². The van der Waals surface area contributed by atoms with E-state index in [1.165, 1.54) is 33.4 Å². The van der Waals surface area contributed by atoms with Crippen LogP contribution in [0.1, 0.15) is 99.0 Å². The molecule has 1 unspecified atom stereocenters. The van der Waals surface area contributed by atoms with Gasteiger partial charge in [-0.3, -0.25) is 9.59 Å². The summed E-state index contributed by atoms with van der Waals surface area (Å²) in [5, 5.41) is 19.4. The van der Waals surface area contributed by atoms with Crippen LogP contribution in [0.5, 0.6) is 11.5 Å². The minimum atomic E-state index is -0.960. The van der Waals surface area contributed by atoms with Crippen LogP contribution in [-0.2, 0) is 16.0 Å². The first-order chi connectivity index (χ1) is 40.5. The summed E-state index contributed by atoms with van der Waals surface area (Å²) in [6.45, 7) is 18.2. The fraction of sp³-hybridized carbons (Fsp3) is 0.132. The van der Waals surface area contributed by atoms with Crippen LogP contribution in [0, 0.1) is 55.4 Å². The minimum absolute atomic E-state index is 0.156. The average molecular weight is 1100 g/mol. The number of benzene rings is 9. The molecule has 3 aliphatic carbocycles. The SMILES string of the molecule is Cc1cc(-c2ccc(OC=O)cc2)c(C)cc1C1=CC(c2cc(C)c(-c3ccc(C(=O)O)cc3)cc2C)=C2C=Cc3c(-c4cc(C)c(-c5ccc(C(=O)O)cc5)cc4C)cc(-c4cc(C)c(-c5ccc(OC=O)cc5)cc4C)c4c3C2C1=CC4. The Morgan fingerprint density at radius 1 is 0.429 bits per heavy atom. The lowest BCUT2D eigenvalue weighted by Gasteiger charge is -2.40. The molecule has 3 aliphatic rings. The lowest BCUT2D eigenvalue weighted by Crippen LogP contribution is -2.22. The highest BCUT2D eigenvalue weighted by Crippen LogP contribution is 2.58. The highest BCUT2D eigenvalue weighted by Gasteiger charge is 2.39. The summed E-state index contributed by atoms with van der Waals surface area (Å²) in [6.07, 6.45) is 10.3. The van der Waals surface area contributed by atoms with Gasteiger partial charge in [0.05, 0.1) is 11.1 Å². The van der Waals surface area contributed by atoms with Crippen molar-refractivity contribution in [3.63, 3.8) is 0 Å². The zero-order valence-electron chi connectivity index (χ0n) is 48.0. The van der Waals surface area contributed by atoms with E-state index in [1.807, 2.05) is 72.8 Å². The number of carbonyl (C=O) groups is 4. The van der Waals surface area contributed by atoms with E-state index in [-0.39, 0.29) is 17.0 Å². The maximum atomic E-state index is 11.9. The van der Waals surface area contributed by atoms with Crippen LogP contribution in [0.25, 0.3) is 84.0 Å². The molecular weight excluding hydrogens is 1040 g/mol. The normalized spacial score (nSPS) is 13.9. The number of aromatic carboxylic acids is 2. The number of carbonyl (C=O) groups excluding carboxylic acids is 2. The Hall–Kier alpha value is -10.2. The number of rotatable bonds is 14. The topological polar surface area (TPSA) is 127 Å². The van der Waals surface area contributed by atoms with Crippen molar-refractivity contribution >= 4 is 42.1 Å². The number of hydrogen-bond acceptors (Lipinski definition) is 6. The number of hydrogen-bond donors (Lipinski definition) is 2. The largest absolute Gasteiger partial charge is 0.478 e. The van der Waals surface area contributed by atoms with Crippen molar-refractivity contribution < 1.29 is 38.9 Å². The first-order valence-electron chi connectivity index (χ1n) is 28.1. The second-order valence-corrected chi connectivity index (χ2v) is 22.5. The van der Waals surface area contributed by atoms with Gasteiger partial charge >= 0.3 is 11.9 Å². The van der Waals surface area contributed by atoms with Crippen LogP contribution in [0.2, 0.25) is 0 Å². The molecule has 0 aliphatic heterocycles. The third-order valence-corrected chi connectivity index (χ3v) is 17.3. The summed E-state index contributed by atoms with van der Waals surface area (Å²) in [6, 6.07) is 50.1. The first-order valence-corrected chi connectivity index (χ1v) is 28.1. The predicted molar refractivity (Wildman–Crippen MR) is 336 cm³/mol. The first kappa shape index (κ1) is 54.4. The van der Waals surface area contributed by atoms with Gasteiger partial charge in [-0.2, -0.15) is 0 Å². The van der Waals surface area contributed by atoms with Gasteiger partial charge in [-0.05, 0) is 284 Å². The van der Waals surface area contributed by atoms with Crippen LogP contribution in [0.15, 0.2) is 181 Å². The van der Waals surface area contributed by atoms with Crippen molar-refractivity contribution in [2.24, 2.45) is 0 Å². The van der Waals surface area contributed by atoms with Gasteiger partial charge in [0.25, 0.3) is 12.9 Å². The molecule has 412 valence electrons. The molecule has 0 saturated carbocycles. The van der Waals surface area contributed by atoms with Crippen LogP contribution >= 0.6 is 0 Å². The molecule has 12 rings (SSSR count). The smallest absolute Gasteiger partial charge is 0.335 e. The summed E-state index contributed by atoms with van der Waals surface area (Å²) in [5.74, 6) is -1.11. The molecule has 0 radical (unpaired) electrons. The van der Waals surface area contributed by atoms with Gasteiger partial charge in [-0.25, -0.2) is 9.59 Å². The van der Waals surface area contributed by atoms with Crippen molar-refractivity contribution in [2.45, 2.75) is 67.7 Å². The van der Waals surface area contributed by atoms with Crippen molar-refractivity contribution in [1.29, 1.82) is 0 Å². The number of allylic oxidation sites excluding steroid dienone is 7. The number of aryl methyl sites for hydroxylation is 8. The van der Waals surface area contributed by atoms with Gasteiger partial charge < -0.3 is 19.7 Å². The van der Waals surface area contributed by atoms with Crippen molar-refractivity contribution in [2.75, 3.05) is 0 Å². The quantitative estimate of drug-likeness (QED) is 0.103. The van der Waals surface area contributed by atoms with Crippen LogP contribution < -0.4 is 9.47 Å². The van der Waals surface area contributed by atoms with Crippen LogP contribution in [-0.4, -0.2) is 35.1 Å². The van der Waals surface area contributed by atoms with Crippen LogP contribution in [0.4, 0.5) is 0 Å². The summed E-state index contributed by atoms with van der Waals surface area (Å²) < 4.78 is 10.3. The molecule has 0 spiro atoms. The fourth-order valence-electron chi connectivity index (χ4n) is 13.1. The average Bonchev–Trinajstić information content (AvgIpc) is 1.24. The molecule has 2 N–H and O–H groups in total. The molecule has 0 heterocycles. The molecule has 84 heavy (non-hydrogen) atoms. The highest BCUT2D eigenvalue weighted by molar-refractivity contribution is 6.04. The summed E-state index contributed by atoms with van der Waals surface area (Å²) >= 11 is 0. The zero-order chi connectivity index (χ0) is 58.8. The standard InChI is InChI=1S/C76H60O8/c1-41-33-65(45(5)29-61(41)49-9-13-53(14-10-49)75(79)80)69-37-71(67-35-43(3)63(31-47(67)7)51-17-21-55(22-18-51)83-39-77)59-27-28-60-72(68-36-44(4)64(32-48(68)8)52-19-23-56(24-20-52)84-40-78)38-70(58-26-25-57(69)73(59)74(58)60)66-34-42(2)62(30-46(66)6)50-11-15-54(16-12-50)76(81)82/h9-27,29-40,73H,28H2,1-8H3,(H,79,80)(H,81,82). The van der Waals surface area contributed by atoms with Gasteiger partial charge in [-0.15, -0.1) is 0 Å². The molecule has 9 aromatic carbocycles. The molecule has 0 aromatic heterocycles. The van der Waals surface area contributed by atoms with E-state index in [0.717, 1.165) is 128 Å². The van der Waals surface area contributed by atoms with E-state index in [1.54, 1.807) is 24.3 Å². The Morgan fingerprint density at radius 3 is 1.24 bits per heavy atom. The Labute approximate surface area is 489 Å². The second-order valence-electron chi connectivity index (χ2n) is 22.5. The Morgan fingerprint density at radius 2 is 0.798 bits per heavy atom. The molecule has 0 saturated heterocycles. The third-order valence-electron chi connectivity index (χ3n) is 17.3. The van der Waals surface area contributed by atoms with E-state index in [2.05, 4.69) is 134 Å². The Bertz CT molecular complexity index is 4410. The molecule has 0 fully saturated rings. The minimum Gasteiger partial charge on any atom is -0.478 e. The second kappa shape index (κ2) is 21.6. The van der Waals surface area contributed by atoms with E-state index in [4.69, 9.17) is 9.47 Å². The summed E-state index contributed by atoms with van der Waals surface area (Å²) in [7, 11) is 0. The number of carboxylic acid groups (broad SMARTS) is 2. The maximum absolute atomic E-state index is 11.9. The van der Waals surface area contributed by atoms with E-state index >= 15 is 0 Å². The highest BCUT2D eigenvalue weighted by atomic mass is 16.5. The molecule has 0 amide bonds. The van der Waals surface area contributed by atoms with Crippen molar-refractivity contribution in [3.8, 4) is 78.3 Å². The summed E-state index contributed by atoms with van der Waals surface area (Å²) in [5.41, 5.74) is 32.8. The molecular formula is C76H60O8. The molecule has 1 atom stereocenters. The number of carboxylic acids is 2. The Kier molecular flexibility index (Phi) is 14.0. The van der Waals surface area contributed by atoms with Crippen molar-refractivity contribution in [1.82, 2.24) is 0 Å². The zero-order valence-corrected chi connectivity index (χ0v) is 48.0. The fourth-order valence-corrected chi connectivity index (χ4v) is 13.1. The van der Waals surface area contributed by atoms with E-state index < -0.39 is 11.9 Å². The maximum Gasteiger partial charge on any atom is 0.335 e. The summed E-state index contributed by atoms with van der Waals surface area (Å²) in [4.78, 5) is 46.1. The third kappa shape index (κ3) is 9.59. The molecule has 0 bridgehead atoms. The van der Waals surface area contributed by atoms with Crippen LogP contribution in [0.3, 0.4) is 0 Å². The van der Waals surface area contributed by atoms with Gasteiger partial charge in [0, 0.05) is 5.92 Å². The van der Waals surface area contributed by atoms with E-state index in [9.17, 15) is 29.4 Å². The monoisotopic (exact) mass is 1100 g/mol. The Balaban J connectivity index is 1.09. The van der Waals surface area contributed by atoms with Crippen molar-refractivity contribution in [3.05, 3.63) is 264 Å². The molecule has 9 aromatic rings. The predicted octanol–water partition coefficient (Wildman–Crippen LogP) is 17.8.